The van der Waals surface area contributed by atoms with Gasteiger partial charge in [-0.2, -0.15) is 0 Å². The Labute approximate surface area is 110 Å². The Hall–Kier alpha value is -1.06. The smallest absolute Gasteiger partial charge is 0.119 e. The largest absolute Gasteiger partial charge is 0.497 e. The van der Waals surface area contributed by atoms with Crippen LogP contribution < -0.4 is 10.5 Å². The van der Waals surface area contributed by atoms with Crippen LogP contribution in [0.25, 0.3) is 0 Å². The third-order valence-corrected chi connectivity index (χ3v) is 3.94. The lowest BCUT2D eigenvalue weighted by atomic mass is 10.00. The van der Waals surface area contributed by atoms with E-state index in [1.165, 1.54) is 36.9 Å². The topological polar surface area (TPSA) is 38.5 Å². The molecule has 1 aliphatic rings. The van der Waals surface area contributed by atoms with Gasteiger partial charge in [0.15, 0.2) is 0 Å². The molecule has 1 unspecified atom stereocenters. The summed E-state index contributed by atoms with van der Waals surface area (Å²) in [6.45, 7) is 5.11. The van der Waals surface area contributed by atoms with Crippen molar-refractivity contribution in [2.75, 3.05) is 20.2 Å². The lowest BCUT2D eigenvalue weighted by Crippen LogP contribution is -2.43. The number of piperidine rings is 1. The van der Waals surface area contributed by atoms with E-state index in [1.54, 1.807) is 7.11 Å². The van der Waals surface area contributed by atoms with Crippen molar-refractivity contribution in [2.24, 2.45) is 5.73 Å². The van der Waals surface area contributed by atoms with Gasteiger partial charge < -0.3 is 10.5 Å². The monoisotopic (exact) mass is 248 g/mol. The van der Waals surface area contributed by atoms with Crippen molar-refractivity contribution in [3.8, 4) is 5.75 Å². The van der Waals surface area contributed by atoms with Gasteiger partial charge in [-0.25, -0.2) is 0 Å². The van der Waals surface area contributed by atoms with Crippen molar-refractivity contribution in [2.45, 2.75) is 38.8 Å². The van der Waals surface area contributed by atoms with E-state index in [0.717, 1.165) is 18.8 Å². The summed E-state index contributed by atoms with van der Waals surface area (Å²) >= 11 is 0. The number of hydrogen-bond acceptors (Lipinski definition) is 3. The van der Waals surface area contributed by atoms with Crippen LogP contribution in [0.5, 0.6) is 5.75 Å². The molecule has 2 N–H and O–H groups in total. The number of ether oxygens (including phenoxy) is 1. The Morgan fingerprint density at radius 1 is 1.39 bits per heavy atom. The molecule has 1 aromatic carbocycles. The number of nitrogens with two attached hydrogens (primary N) is 1. The lowest BCUT2D eigenvalue weighted by Gasteiger charge is -2.35. The Bertz CT molecular complexity index is 392. The minimum absolute atomic E-state index is 0.556. The van der Waals surface area contributed by atoms with Crippen LogP contribution in [0.2, 0.25) is 0 Å². The van der Waals surface area contributed by atoms with Crippen LogP contribution in [0.1, 0.15) is 30.4 Å². The number of rotatable bonds is 4. The molecule has 100 valence electrons. The molecule has 1 aromatic rings. The first-order valence-electron chi connectivity index (χ1n) is 6.82. The van der Waals surface area contributed by atoms with E-state index in [-0.39, 0.29) is 0 Å². The first kappa shape index (κ1) is 13.4. The van der Waals surface area contributed by atoms with E-state index >= 15 is 0 Å². The fourth-order valence-electron chi connectivity index (χ4n) is 2.73. The van der Waals surface area contributed by atoms with Gasteiger partial charge in [-0.05, 0) is 49.6 Å². The normalized spacial score (nSPS) is 20.9. The maximum atomic E-state index is 5.87. The van der Waals surface area contributed by atoms with E-state index in [1.807, 2.05) is 6.07 Å². The summed E-state index contributed by atoms with van der Waals surface area (Å²) in [5.74, 6) is 0.935. The van der Waals surface area contributed by atoms with Crippen molar-refractivity contribution >= 4 is 0 Å². The van der Waals surface area contributed by atoms with Crippen LogP contribution in [0.3, 0.4) is 0 Å². The zero-order valence-corrected chi connectivity index (χ0v) is 11.5. The van der Waals surface area contributed by atoms with Gasteiger partial charge in [0, 0.05) is 19.1 Å². The average Bonchev–Trinajstić information content (AvgIpc) is 2.41. The number of methoxy groups -OCH3 is 1. The summed E-state index contributed by atoms with van der Waals surface area (Å²) in [7, 11) is 1.71. The maximum absolute atomic E-state index is 5.87. The van der Waals surface area contributed by atoms with Crippen molar-refractivity contribution in [3.63, 3.8) is 0 Å². The van der Waals surface area contributed by atoms with Crippen LogP contribution in [0.4, 0.5) is 0 Å². The second-order valence-electron chi connectivity index (χ2n) is 5.15. The van der Waals surface area contributed by atoms with Gasteiger partial charge in [0.25, 0.3) is 0 Å². The van der Waals surface area contributed by atoms with E-state index in [4.69, 9.17) is 10.5 Å². The van der Waals surface area contributed by atoms with Crippen molar-refractivity contribution in [3.05, 3.63) is 29.3 Å². The fourth-order valence-corrected chi connectivity index (χ4v) is 2.73. The highest BCUT2D eigenvalue weighted by atomic mass is 16.5. The minimum Gasteiger partial charge on any atom is -0.497 e. The molecule has 1 fully saturated rings. The molecule has 0 saturated carbocycles. The summed E-state index contributed by atoms with van der Waals surface area (Å²) in [5.41, 5.74) is 8.56. The zero-order chi connectivity index (χ0) is 13.0. The molecule has 1 aliphatic heterocycles. The molecule has 0 amide bonds. The molecule has 0 aliphatic carbocycles. The molecule has 18 heavy (non-hydrogen) atoms. The Balaban J connectivity index is 2.07. The quantitative estimate of drug-likeness (QED) is 0.888. The molecular formula is C15H24N2O. The highest BCUT2D eigenvalue weighted by Gasteiger charge is 2.21. The molecule has 0 aromatic heterocycles. The summed E-state index contributed by atoms with van der Waals surface area (Å²) in [6.07, 6.45) is 3.86. The van der Waals surface area contributed by atoms with Gasteiger partial charge in [0.1, 0.15) is 5.75 Å². The maximum Gasteiger partial charge on any atom is 0.119 e. The van der Waals surface area contributed by atoms with E-state index in [2.05, 4.69) is 24.0 Å². The number of aryl methyl sites for hydroxylation is 1. The predicted molar refractivity (Wildman–Crippen MR) is 74.8 cm³/mol. The molecule has 1 atom stereocenters. The van der Waals surface area contributed by atoms with Gasteiger partial charge >= 0.3 is 0 Å². The fraction of sp³-hybridized carbons (Fsp3) is 0.600. The molecule has 0 radical (unpaired) electrons. The number of hydrogen-bond donors (Lipinski definition) is 1. The summed E-state index contributed by atoms with van der Waals surface area (Å²) in [4.78, 5) is 2.53. The van der Waals surface area contributed by atoms with Crippen LogP contribution >= 0.6 is 0 Å². The van der Waals surface area contributed by atoms with Gasteiger partial charge in [0.05, 0.1) is 7.11 Å². The molecule has 1 heterocycles. The standard InChI is InChI=1S/C15H24N2O/c1-12-9-15(18-2)7-6-13(12)11-17-8-4-3-5-14(17)10-16/h6-7,9,14H,3-5,8,10-11,16H2,1-2H3. The Morgan fingerprint density at radius 2 is 2.22 bits per heavy atom. The second-order valence-corrected chi connectivity index (χ2v) is 5.15. The highest BCUT2D eigenvalue weighted by Crippen LogP contribution is 2.22. The van der Waals surface area contributed by atoms with Crippen LogP contribution in [0.15, 0.2) is 18.2 Å². The Kier molecular flexibility index (Phi) is 4.61. The third kappa shape index (κ3) is 3.03. The molecule has 1 saturated heterocycles. The van der Waals surface area contributed by atoms with Crippen LogP contribution in [-0.2, 0) is 6.54 Å². The average molecular weight is 248 g/mol. The highest BCUT2D eigenvalue weighted by molar-refractivity contribution is 5.34. The predicted octanol–water partition coefficient (Wildman–Crippen LogP) is 2.32. The van der Waals surface area contributed by atoms with Gasteiger partial charge in [0.2, 0.25) is 0 Å². The summed E-state index contributed by atoms with van der Waals surface area (Å²) in [5, 5.41) is 0. The van der Waals surface area contributed by atoms with Crippen molar-refractivity contribution < 1.29 is 4.74 Å². The molecule has 3 heteroatoms. The van der Waals surface area contributed by atoms with E-state index in [0.29, 0.717) is 6.04 Å². The SMILES string of the molecule is COc1ccc(CN2CCCCC2CN)c(C)c1. The first-order valence-corrected chi connectivity index (χ1v) is 6.82. The van der Waals surface area contributed by atoms with E-state index in [9.17, 15) is 0 Å². The van der Waals surface area contributed by atoms with Crippen LogP contribution in [-0.4, -0.2) is 31.1 Å². The second kappa shape index (κ2) is 6.21. The molecule has 3 nitrogen and oxygen atoms in total. The first-order chi connectivity index (χ1) is 8.74. The summed E-state index contributed by atoms with van der Waals surface area (Å²) in [6, 6.07) is 6.89. The number of nitrogens with zero attached hydrogens (tertiary/aromatic N) is 1. The van der Waals surface area contributed by atoms with Gasteiger partial charge in [-0.1, -0.05) is 12.5 Å². The molecular weight excluding hydrogens is 224 g/mol. The third-order valence-electron chi connectivity index (χ3n) is 3.94. The zero-order valence-electron chi connectivity index (χ0n) is 11.5. The number of benzene rings is 1. The molecule has 0 spiro atoms. The van der Waals surface area contributed by atoms with E-state index < -0.39 is 0 Å². The van der Waals surface area contributed by atoms with Gasteiger partial charge in [-0.3, -0.25) is 4.90 Å². The molecule has 2 rings (SSSR count). The lowest BCUT2D eigenvalue weighted by molar-refractivity contribution is 0.144. The number of likely N-dealkylation sites (tertiary alicyclic amines) is 1. The minimum atomic E-state index is 0.556. The van der Waals surface area contributed by atoms with Crippen molar-refractivity contribution in [1.82, 2.24) is 4.90 Å². The summed E-state index contributed by atoms with van der Waals surface area (Å²) < 4.78 is 5.25. The van der Waals surface area contributed by atoms with Gasteiger partial charge in [-0.15, -0.1) is 0 Å². The molecule has 0 bridgehead atoms. The van der Waals surface area contributed by atoms with Crippen LogP contribution in [0, 0.1) is 6.92 Å². The Morgan fingerprint density at radius 3 is 2.89 bits per heavy atom. The van der Waals surface area contributed by atoms with Crippen molar-refractivity contribution in [1.29, 1.82) is 0 Å².